The van der Waals surface area contributed by atoms with E-state index in [1.807, 2.05) is 0 Å². The van der Waals surface area contributed by atoms with Crippen LogP contribution in [-0.2, 0) is 0 Å². The van der Waals surface area contributed by atoms with Crippen LogP contribution in [0, 0.1) is 11.8 Å². The molecule has 1 heteroatoms. The third-order valence-electron chi connectivity index (χ3n) is 4.18. The topological polar surface area (TPSA) is 20.2 Å². The molecule has 2 aliphatic carbocycles. The van der Waals surface area contributed by atoms with Gasteiger partial charge in [-0.2, -0.15) is 0 Å². The second-order valence-electron chi connectivity index (χ2n) is 5.93. The van der Waals surface area contributed by atoms with E-state index in [9.17, 15) is 5.11 Å². The van der Waals surface area contributed by atoms with Gasteiger partial charge in [0.25, 0.3) is 0 Å². The van der Waals surface area contributed by atoms with Crippen molar-refractivity contribution in [1.82, 2.24) is 0 Å². The molecular weight excluding hydrogens is 208 g/mol. The third-order valence-corrected chi connectivity index (χ3v) is 4.18. The average Bonchev–Trinajstić information content (AvgIpc) is 2.29. The number of allylic oxidation sites excluding steroid dienone is 3. The standard InChI is InChI=1S/C16H26O/c1-13-5-2-6-14(11-13)7-3-8-15-9-4-10-16(17)12-15/h2,5,9,13-14,16-17H,3-4,6-8,10-12H2,1H3/t13-,14?,16?/m0/s1. The van der Waals surface area contributed by atoms with Crippen LogP contribution in [0.3, 0.4) is 0 Å². The van der Waals surface area contributed by atoms with Crippen LogP contribution in [0.2, 0.25) is 0 Å². The highest BCUT2D eigenvalue weighted by molar-refractivity contribution is 5.07. The molecule has 0 radical (unpaired) electrons. The molecule has 0 aromatic heterocycles. The molecule has 2 rings (SSSR count). The Morgan fingerprint density at radius 1 is 1.41 bits per heavy atom. The number of rotatable bonds is 4. The van der Waals surface area contributed by atoms with Crippen molar-refractivity contribution in [2.45, 2.75) is 64.4 Å². The monoisotopic (exact) mass is 234 g/mol. The normalized spacial score (nSPS) is 33.5. The molecule has 0 bridgehead atoms. The molecule has 0 fully saturated rings. The zero-order valence-electron chi connectivity index (χ0n) is 11.1. The van der Waals surface area contributed by atoms with Crippen molar-refractivity contribution in [2.75, 3.05) is 0 Å². The zero-order chi connectivity index (χ0) is 12.1. The first-order chi connectivity index (χ1) is 8.24. The van der Waals surface area contributed by atoms with Crippen molar-refractivity contribution >= 4 is 0 Å². The molecule has 1 nitrogen and oxygen atoms in total. The van der Waals surface area contributed by atoms with Crippen molar-refractivity contribution in [3.8, 4) is 0 Å². The van der Waals surface area contributed by atoms with Crippen molar-refractivity contribution in [3.63, 3.8) is 0 Å². The van der Waals surface area contributed by atoms with Crippen LogP contribution < -0.4 is 0 Å². The summed E-state index contributed by atoms with van der Waals surface area (Å²) in [5.41, 5.74) is 1.50. The van der Waals surface area contributed by atoms with E-state index >= 15 is 0 Å². The fourth-order valence-electron chi connectivity index (χ4n) is 3.23. The fraction of sp³-hybridized carbons (Fsp3) is 0.750. The van der Waals surface area contributed by atoms with Crippen LogP contribution in [0.5, 0.6) is 0 Å². The Hall–Kier alpha value is -0.560. The van der Waals surface area contributed by atoms with Gasteiger partial charge in [0, 0.05) is 0 Å². The minimum atomic E-state index is -0.0624. The second kappa shape index (κ2) is 6.39. The third kappa shape index (κ3) is 4.31. The van der Waals surface area contributed by atoms with Gasteiger partial charge in [0.15, 0.2) is 0 Å². The predicted octanol–water partition coefficient (Wildman–Crippen LogP) is 4.23. The summed E-state index contributed by atoms with van der Waals surface area (Å²) in [6.45, 7) is 2.32. The number of aliphatic hydroxyl groups is 1. The molecule has 0 aromatic rings. The van der Waals surface area contributed by atoms with Crippen molar-refractivity contribution in [2.24, 2.45) is 11.8 Å². The zero-order valence-corrected chi connectivity index (χ0v) is 11.1. The van der Waals surface area contributed by atoms with Gasteiger partial charge in [-0.05, 0) is 63.2 Å². The van der Waals surface area contributed by atoms with Gasteiger partial charge in [0.2, 0.25) is 0 Å². The van der Waals surface area contributed by atoms with Gasteiger partial charge in [-0.3, -0.25) is 0 Å². The van der Waals surface area contributed by atoms with Gasteiger partial charge < -0.3 is 5.11 Å². The number of aliphatic hydroxyl groups excluding tert-OH is 1. The smallest absolute Gasteiger partial charge is 0.0580 e. The van der Waals surface area contributed by atoms with E-state index in [4.69, 9.17) is 0 Å². The molecule has 2 unspecified atom stereocenters. The predicted molar refractivity (Wildman–Crippen MR) is 72.8 cm³/mol. The maximum atomic E-state index is 9.61. The largest absolute Gasteiger partial charge is 0.393 e. The average molecular weight is 234 g/mol. The van der Waals surface area contributed by atoms with Crippen LogP contribution in [-0.4, -0.2) is 11.2 Å². The lowest BCUT2D eigenvalue weighted by atomic mass is 9.83. The molecule has 17 heavy (non-hydrogen) atoms. The molecule has 1 N–H and O–H groups in total. The SMILES string of the molecule is C[C@H]1C=CCC(CCCC2=CCCC(O)C2)C1. The van der Waals surface area contributed by atoms with Crippen LogP contribution >= 0.6 is 0 Å². The summed E-state index contributed by atoms with van der Waals surface area (Å²) < 4.78 is 0. The number of hydrogen-bond acceptors (Lipinski definition) is 1. The lowest BCUT2D eigenvalue weighted by Gasteiger charge is -2.23. The first-order valence-electron chi connectivity index (χ1n) is 7.26. The minimum absolute atomic E-state index is 0.0624. The lowest BCUT2D eigenvalue weighted by Crippen LogP contribution is -2.12. The Morgan fingerprint density at radius 2 is 2.29 bits per heavy atom. The lowest BCUT2D eigenvalue weighted by molar-refractivity contribution is 0.159. The van der Waals surface area contributed by atoms with Gasteiger partial charge in [-0.1, -0.05) is 30.7 Å². The molecule has 0 aromatic carbocycles. The van der Waals surface area contributed by atoms with Crippen molar-refractivity contribution in [1.29, 1.82) is 0 Å². The van der Waals surface area contributed by atoms with Crippen LogP contribution in [0.15, 0.2) is 23.8 Å². The molecule has 0 amide bonds. The molecule has 0 saturated carbocycles. The summed E-state index contributed by atoms with van der Waals surface area (Å²) in [5.74, 6) is 1.69. The molecule has 2 aliphatic rings. The second-order valence-corrected chi connectivity index (χ2v) is 5.93. The van der Waals surface area contributed by atoms with Crippen LogP contribution in [0.4, 0.5) is 0 Å². The number of hydrogen-bond donors (Lipinski definition) is 1. The summed E-state index contributed by atoms with van der Waals surface area (Å²) in [7, 11) is 0. The van der Waals surface area contributed by atoms with Gasteiger partial charge in [-0.15, -0.1) is 0 Å². The molecule has 3 atom stereocenters. The minimum Gasteiger partial charge on any atom is -0.393 e. The highest BCUT2D eigenvalue weighted by atomic mass is 16.3. The fourth-order valence-corrected chi connectivity index (χ4v) is 3.23. The molecule has 96 valence electrons. The Bertz CT molecular complexity index is 290. The summed E-state index contributed by atoms with van der Waals surface area (Å²) in [6.07, 6.45) is 16.5. The molecule has 0 aliphatic heterocycles. The van der Waals surface area contributed by atoms with E-state index in [-0.39, 0.29) is 6.10 Å². The van der Waals surface area contributed by atoms with E-state index in [2.05, 4.69) is 25.2 Å². The maximum absolute atomic E-state index is 9.61. The van der Waals surface area contributed by atoms with Gasteiger partial charge in [0.1, 0.15) is 0 Å². The van der Waals surface area contributed by atoms with Crippen LogP contribution in [0.25, 0.3) is 0 Å². The first kappa shape index (κ1) is 12.9. The highest BCUT2D eigenvalue weighted by Crippen LogP contribution is 2.29. The van der Waals surface area contributed by atoms with E-state index in [1.165, 1.54) is 37.7 Å². The van der Waals surface area contributed by atoms with Gasteiger partial charge >= 0.3 is 0 Å². The molecule has 0 heterocycles. The molecule has 0 saturated heterocycles. The maximum Gasteiger partial charge on any atom is 0.0580 e. The van der Waals surface area contributed by atoms with E-state index in [0.717, 1.165) is 31.1 Å². The summed E-state index contributed by atoms with van der Waals surface area (Å²) in [5, 5.41) is 9.61. The van der Waals surface area contributed by atoms with E-state index in [0.29, 0.717) is 0 Å². The summed E-state index contributed by atoms with van der Waals surface area (Å²) in [6, 6.07) is 0. The van der Waals surface area contributed by atoms with E-state index in [1.54, 1.807) is 0 Å². The summed E-state index contributed by atoms with van der Waals surface area (Å²) >= 11 is 0. The van der Waals surface area contributed by atoms with Gasteiger partial charge in [-0.25, -0.2) is 0 Å². The van der Waals surface area contributed by atoms with Crippen LogP contribution in [0.1, 0.15) is 58.3 Å². The van der Waals surface area contributed by atoms with E-state index < -0.39 is 0 Å². The Kier molecular flexibility index (Phi) is 4.85. The molecule has 0 spiro atoms. The summed E-state index contributed by atoms with van der Waals surface area (Å²) in [4.78, 5) is 0. The highest BCUT2D eigenvalue weighted by Gasteiger charge is 2.16. The quantitative estimate of drug-likeness (QED) is 0.722. The molecular formula is C16H26O. The van der Waals surface area contributed by atoms with Gasteiger partial charge in [0.05, 0.1) is 6.10 Å². The Balaban J connectivity index is 1.66. The van der Waals surface area contributed by atoms with Crippen molar-refractivity contribution in [3.05, 3.63) is 23.8 Å². The Morgan fingerprint density at radius 3 is 3.06 bits per heavy atom. The Labute approximate surface area is 106 Å². The van der Waals surface area contributed by atoms with Crippen molar-refractivity contribution < 1.29 is 5.11 Å². The first-order valence-corrected chi connectivity index (χ1v) is 7.26.